The van der Waals surface area contributed by atoms with Gasteiger partial charge in [-0.2, -0.15) is 0 Å². The van der Waals surface area contributed by atoms with Crippen molar-refractivity contribution >= 4 is 17.1 Å². The highest BCUT2D eigenvalue weighted by molar-refractivity contribution is 7.17. The molecule has 0 unspecified atom stereocenters. The normalized spacial score (nSPS) is 10.6. The first-order valence-electron chi connectivity index (χ1n) is 4.74. The molecule has 2 aromatic rings. The first-order valence-corrected chi connectivity index (χ1v) is 5.56. The Balaban J connectivity index is 2.56. The van der Waals surface area contributed by atoms with Crippen molar-refractivity contribution in [3.05, 3.63) is 46.6 Å². The highest BCUT2D eigenvalue weighted by atomic mass is 32.1. The lowest BCUT2D eigenvalue weighted by Gasteiger charge is -2.01. The molecule has 1 aromatic heterocycles. The van der Waals surface area contributed by atoms with Gasteiger partial charge in [-0.05, 0) is 25.1 Å². The second-order valence-electron chi connectivity index (χ2n) is 3.47. The third kappa shape index (κ3) is 2.24. The summed E-state index contributed by atoms with van der Waals surface area (Å²) < 4.78 is 39.5. The van der Waals surface area contributed by atoms with Crippen molar-refractivity contribution in [2.75, 3.05) is 0 Å². The number of rotatable bonds is 2. The van der Waals surface area contributed by atoms with Crippen LogP contribution in [-0.4, -0.2) is 5.78 Å². The number of halogens is 3. The van der Waals surface area contributed by atoms with Crippen LogP contribution in [0, 0.1) is 17.5 Å². The van der Waals surface area contributed by atoms with E-state index in [4.69, 9.17) is 0 Å². The van der Waals surface area contributed by atoms with E-state index in [0.717, 1.165) is 17.4 Å². The molecule has 1 aromatic carbocycles. The van der Waals surface area contributed by atoms with Gasteiger partial charge in [0.25, 0.3) is 0 Å². The van der Waals surface area contributed by atoms with Crippen LogP contribution in [0.25, 0.3) is 10.4 Å². The van der Waals surface area contributed by atoms with Crippen molar-refractivity contribution in [2.24, 2.45) is 0 Å². The predicted molar refractivity (Wildman–Crippen MR) is 59.6 cm³/mol. The van der Waals surface area contributed by atoms with E-state index >= 15 is 0 Å². The van der Waals surface area contributed by atoms with Gasteiger partial charge in [-0.15, -0.1) is 11.3 Å². The van der Waals surface area contributed by atoms with Gasteiger partial charge < -0.3 is 0 Å². The zero-order chi connectivity index (χ0) is 12.6. The zero-order valence-corrected chi connectivity index (χ0v) is 9.58. The predicted octanol–water partition coefficient (Wildman–Crippen LogP) is 4.04. The molecule has 88 valence electrons. The van der Waals surface area contributed by atoms with Crippen molar-refractivity contribution in [3.8, 4) is 10.4 Å². The summed E-state index contributed by atoms with van der Waals surface area (Å²) in [6, 6.07) is 4.37. The molecule has 0 atom stereocenters. The van der Waals surface area contributed by atoms with Gasteiger partial charge in [0.2, 0.25) is 0 Å². The van der Waals surface area contributed by atoms with Crippen LogP contribution in [0.3, 0.4) is 0 Å². The minimum absolute atomic E-state index is 0.167. The van der Waals surface area contributed by atoms with Crippen molar-refractivity contribution in [3.63, 3.8) is 0 Å². The van der Waals surface area contributed by atoms with Crippen molar-refractivity contribution in [1.82, 2.24) is 0 Å². The first-order chi connectivity index (χ1) is 7.99. The van der Waals surface area contributed by atoms with Crippen LogP contribution < -0.4 is 0 Å². The van der Waals surface area contributed by atoms with Gasteiger partial charge >= 0.3 is 0 Å². The van der Waals surface area contributed by atoms with Gasteiger partial charge in [-0.3, -0.25) is 4.79 Å². The monoisotopic (exact) mass is 256 g/mol. The summed E-state index contributed by atoms with van der Waals surface area (Å²) in [7, 11) is 0. The summed E-state index contributed by atoms with van der Waals surface area (Å²) in [4.78, 5) is 11.8. The van der Waals surface area contributed by atoms with Gasteiger partial charge in [-0.1, -0.05) is 0 Å². The molecule has 0 aliphatic carbocycles. The third-order valence-electron chi connectivity index (χ3n) is 2.21. The van der Waals surface area contributed by atoms with Gasteiger partial charge in [0.15, 0.2) is 17.4 Å². The Hall–Kier alpha value is -1.62. The van der Waals surface area contributed by atoms with E-state index in [2.05, 4.69) is 0 Å². The molecule has 2 rings (SSSR count). The highest BCUT2D eigenvalue weighted by Crippen LogP contribution is 2.31. The van der Waals surface area contributed by atoms with E-state index in [1.165, 1.54) is 19.1 Å². The molecule has 0 fully saturated rings. The Morgan fingerprint density at radius 2 is 1.88 bits per heavy atom. The van der Waals surface area contributed by atoms with Gasteiger partial charge in [-0.25, -0.2) is 13.2 Å². The fraction of sp³-hybridized carbons (Fsp3) is 0.0833. The summed E-state index contributed by atoms with van der Waals surface area (Å²) in [5, 5.41) is 0. The van der Waals surface area contributed by atoms with Crippen LogP contribution in [0.1, 0.15) is 16.6 Å². The molecule has 0 saturated heterocycles. The van der Waals surface area contributed by atoms with E-state index in [-0.39, 0.29) is 11.3 Å². The van der Waals surface area contributed by atoms with E-state index in [1.54, 1.807) is 0 Å². The number of hydrogen-bond donors (Lipinski definition) is 0. The minimum atomic E-state index is -1.24. The van der Waals surface area contributed by atoms with E-state index in [1.807, 2.05) is 0 Å². The molecule has 0 N–H and O–H groups in total. The Morgan fingerprint density at radius 3 is 2.47 bits per heavy atom. The number of Topliss-reactive ketones (excluding diaryl/α,β-unsaturated/α-hetero) is 1. The van der Waals surface area contributed by atoms with E-state index in [0.29, 0.717) is 15.8 Å². The second-order valence-corrected chi connectivity index (χ2v) is 4.55. The lowest BCUT2D eigenvalue weighted by atomic mass is 10.1. The Morgan fingerprint density at radius 1 is 1.18 bits per heavy atom. The molecule has 0 aliphatic heterocycles. The minimum Gasteiger partial charge on any atom is -0.294 e. The first kappa shape index (κ1) is 11.9. The number of hydrogen-bond acceptors (Lipinski definition) is 2. The van der Waals surface area contributed by atoms with Gasteiger partial charge in [0.1, 0.15) is 5.82 Å². The molecule has 0 saturated carbocycles. The smallest absolute Gasteiger partial charge is 0.169 e. The van der Waals surface area contributed by atoms with E-state index < -0.39 is 17.5 Å². The summed E-state index contributed by atoms with van der Waals surface area (Å²) in [5.41, 5.74) is -0.167. The van der Waals surface area contributed by atoms with Crippen molar-refractivity contribution < 1.29 is 18.0 Å². The zero-order valence-electron chi connectivity index (χ0n) is 8.76. The second kappa shape index (κ2) is 4.33. The summed E-state index contributed by atoms with van der Waals surface area (Å²) in [6.07, 6.45) is 0. The molecule has 1 heterocycles. The molecule has 0 radical (unpaired) electrons. The molecule has 0 aliphatic rings. The highest BCUT2D eigenvalue weighted by Gasteiger charge is 2.15. The fourth-order valence-electron chi connectivity index (χ4n) is 1.41. The van der Waals surface area contributed by atoms with Crippen LogP contribution in [0.2, 0.25) is 0 Å². The average molecular weight is 256 g/mol. The van der Waals surface area contributed by atoms with Crippen LogP contribution in [-0.2, 0) is 0 Å². The van der Waals surface area contributed by atoms with Crippen LogP contribution in [0.4, 0.5) is 13.2 Å². The quantitative estimate of drug-likeness (QED) is 0.585. The maximum Gasteiger partial charge on any atom is 0.169 e. The number of carbonyl (C=O) groups is 1. The van der Waals surface area contributed by atoms with Crippen molar-refractivity contribution in [2.45, 2.75) is 6.92 Å². The molecule has 5 heteroatoms. The lowest BCUT2D eigenvalue weighted by molar-refractivity contribution is 0.102. The molecule has 0 bridgehead atoms. The molecule has 1 nitrogen and oxygen atoms in total. The maximum absolute atomic E-state index is 13.5. The standard InChI is InChI=1S/C12H7F3OS/c1-6(16)10-2-3-11(17-10)8-4-7(13)5-9(14)12(8)15/h2-5H,1H3. The Kier molecular flexibility index (Phi) is 3.02. The molecular weight excluding hydrogens is 249 g/mol. The Labute approximate surface area is 99.5 Å². The average Bonchev–Trinajstić information content (AvgIpc) is 2.72. The topological polar surface area (TPSA) is 17.1 Å². The van der Waals surface area contributed by atoms with Crippen LogP contribution in [0.15, 0.2) is 24.3 Å². The summed E-state index contributed by atoms with van der Waals surface area (Å²) >= 11 is 1.00. The van der Waals surface area contributed by atoms with Gasteiger partial charge in [0.05, 0.1) is 4.88 Å². The molecular formula is C12H7F3OS. The fourth-order valence-corrected chi connectivity index (χ4v) is 2.32. The lowest BCUT2D eigenvalue weighted by Crippen LogP contribution is -1.90. The number of thiophene rings is 1. The molecule has 17 heavy (non-hydrogen) atoms. The summed E-state index contributed by atoms with van der Waals surface area (Å²) in [6.45, 7) is 1.37. The van der Waals surface area contributed by atoms with Crippen LogP contribution in [0.5, 0.6) is 0 Å². The molecule has 0 amide bonds. The summed E-state index contributed by atoms with van der Waals surface area (Å²) in [5.74, 6) is -3.36. The van der Waals surface area contributed by atoms with Crippen LogP contribution >= 0.6 is 11.3 Å². The number of carbonyl (C=O) groups excluding carboxylic acids is 1. The maximum atomic E-state index is 13.5. The SMILES string of the molecule is CC(=O)c1ccc(-c2cc(F)cc(F)c2F)s1. The van der Waals surface area contributed by atoms with E-state index in [9.17, 15) is 18.0 Å². The van der Waals surface area contributed by atoms with Gasteiger partial charge in [0, 0.05) is 16.5 Å². The number of ketones is 1. The molecule has 0 spiro atoms. The largest absolute Gasteiger partial charge is 0.294 e. The third-order valence-corrected chi connectivity index (χ3v) is 3.43. The number of benzene rings is 1. The van der Waals surface area contributed by atoms with Crippen molar-refractivity contribution in [1.29, 1.82) is 0 Å². The Bertz CT molecular complexity index is 589.